The largest absolute Gasteiger partial charge is 0.370 e. The Morgan fingerprint density at radius 2 is 2.25 bits per heavy atom. The number of hydrogen-bond acceptors (Lipinski definition) is 4. The van der Waals surface area contributed by atoms with Crippen LogP contribution in [0.25, 0.3) is 0 Å². The molecule has 5 nitrogen and oxygen atoms in total. The average Bonchev–Trinajstić information content (AvgIpc) is 2.44. The molecule has 0 fully saturated rings. The number of hydrogen-bond donors (Lipinski definition) is 1. The molecule has 106 valence electrons. The van der Waals surface area contributed by atoms with Gasteiger partial charge in [0.1, 0.15) is 5.82 Å². The Kier molecular flexibility index (Phi) is 5.36. The summed E-state index contributed by atoms with van der Waals surface area (Å²) in [4.78, 5) is 20.4. The van der Waals surface area contributed by atoms with E-state index >= 15 is 0 Å². The van der Waals surface area contributed by atoms with E-state index in [-0.39, 0.29) is 5.56 Å². The molecule has 0 saturated carbocycles. The molecule has 7 heteroatoms. The van der Waals surface area contributed by atoms with Gasteiger partial charge in [0.15, 0.2) is 0 Å². The summed E-state index contributed by atoms with van der Waals surface area (Å²) >= 11 is 8.11. The number of nitrogens with zero attached hydrogens (tertiary/aromatic N) is 3. The number of rotatable bonds is 5. The topological polar surface area (TPSA) is 59.8 Å². The zero-order valence-corrected chi connectivity index (χ0v) is 13.8. The minimum atomic E-state index is -0.0922. The molecule has 0 saturated heterocycles. The molecule has 0 atom stereocenters. The molecule has 0 aliphatic rings. The molecule has 0 aromatic carbocycles. The maximum atomic E-state index is 12.0. The fourth-order valence-corrected chi connectivity index (χ4v) is 2.28. The van der Waals surface area contributed by atoms with Gasteiger partial charge in [-0.25, -0.2) is 9.97 Å². The molecule has 0 aliphatic carbocycles. The van der Waals surface area contributed by atoms with Crippen molar-refractivity contribution in [1.29, 1.82) is 0 Å². The smallest absolute Gasteiger partial charge is 0.267 e. The highest BCUT2D eigenvalue weighted by Gasteiger charge is 2.07. The standard InChI is InChI=1S/C13H14ClIN4O/c1-2-5-17-12-4-3-9(14)11(18-12)7-19-8-16-6-10(15)13(19)20/h3-4,6,8H,2,5,7H2,1H3,(H,17,18). The Hall–Kier alpha value is -1.15. The molecule has 0 unspecified atom stereocenters. The van der Waals surface area contributed by atoms with E-state index < -0.39 is 0 Å². The molecular weight excluding hydrogens is 391 g/mol. The highest BCUT2D eigenvalue weighted by molar-refractivity contribution is 14.1. The summed E-state index contributed by atoms with van der Waals surface area (Å²) in [5.41, 5.74) is 0.559. The van der Waals surface area contributed by atoms with E-state index in [0.29, 0.717) is 20.8 Å². The van der Waals surface area contributed by atoms with Crippen LogP contribution in [-0.2, 0) is 6.54 Å². The van der Waals surface area contributed by atoms with Gasteiger partial charge in [-0.05, 0) is 41.1 Å². The normalized spacial score (nSPS) is 10.6. The van der Waals surface area contributed by atoms with Gasteiger partial charge in [-0.1, -0.05) is 18.5 Å². The van der Waals surface area contributed by atoms with Crippen LogP contribution in [0.2, 0.25) is 5.02 Å². The molecule has 20 heavy (non-hydrogen) atoms. The third-order valence-corrected chi connectivity index (χ3v) is 3.74. The lowest BCUT2D eigenvalue weighted by Crippen LogP contribution is -2.23. The zero-order valence-electron chi connectivity index (χ0n) is 10.9. The van der Waals surface area contributed by atoms with Crippen LogP contribution in [0.3, 0.4) is 0 Å². The number of nitrogens with one attached hydrogen (secondary N) is 1. The van der Waals surface area contributed by atoms with Gasteiger partial charge in [0, 0.05) is 12.7 Å². The predicted molar refractivity (Wildman–Crippen MR) is 88.3 cm³/mol. The third-order valence-electron chi connectivity index (χ3n) is 2.65. The van der Waals surface area contributed by atoms with E-state index in [1.165, 1.54) is 17.1 Å². The Labute approximate surface area is 135 Å². The van der Waals surface area contributed by atoms with Gasteiger partial charge in [-0.15, -0.1) is 0 Å². The summed E-state index contributed by atoms with van der Waals surface area (Å²) in [6.07, 6.45) is 4.04. The van der Waals surface area contributed by atoms with Crippen LogP contribution in [-0.4, -0.2) is 21.1 Å². The van der Waals surface area contributed by atoms with Gasteiger partial charge in [0.2, 0.25) is 0 Å². The second-order valence-electron chi connectivity index (χ2n) is 4.23. The maximum absolute atomic E-state index is 12.0. The van der Waals surface area contributed by atoms with Crippen molar-refractivity contribution in [3.8, 4) is 0 Å². The Balaban J connectivity index is 2.28. The van der Waals surface area contributed by atoms with Gasteiger partial charge in [-0.2, -0.15) is 0 Å². The van der Waals surface area contributed by atoms with Crippen LogP contribution in [0.1, 0.15) is 19.0 Å². The molecule has 0 aliphatic heterocycles. The Bertz CT molecular complexity index is 659. The first-order valence-corrected chi connectivity index (χ1v) is 7.66. The van der Waals surface area contributed by atoms with Crippen molar-refractivity contribution in [2.24, 2.45) is 0 Å². The van der Waals surface area contributed by atoms with Gasteiger partial charge in [0.05, 0.1) is 27.2 Å². The fraction of sp³-hybridized carbons (Fsp3) is 0.308. The molecule has 2 rings (SSSR count). The van der Waals surface area contributed by atoms with E-state index in [1.807, 2.05) is 28.7 Å². The summed E-state index contributed by atoms with van der Waals surface area (Å²) in [5.74, 6) is 0.762. The molecule has 0 spiro atoms. The highest BCUT2D eigenvalue weighted by Crippen LogP contribution is 2.17. The molecule has 0 bridgehead atoms. The highest BCUT2D eigenvalue weighted by atomic mass is 127. The van der Waals surface area contributed by atoms with Crippen molar-refractivity contribution in [2.45, 2.75) is 19.9 Å². The lowest BCUT2D eigenvalue weighted by atomic mass is 10.3. The van der Waals surface area contributed by atoms with Crippen LogP contribution in [0.5, 0.6) is 0 Å². The first-order chi connectivity index (χ1) is 9.61. The minimum Gasteiger partial charge on any atom is -0.370 e. The molecule has 0 radical (unpaired) electrons. The second-order valence-corrected chi connectivity index (χ2v) is 5.80. The van der Waals surface area contributed by atoms with Gasteiger partial charge in [-0.3, -0.25) is 9.36 Å². The van der Waals surface area contributed by atoms with Crippen molar-refractivity contribution in [3.05, 3.63) is 49.3 Å². The summed E-state index contributed by atoms with van der Waals surface area (Å²) in [7, 11) is 0. The third kappa shape index (κ3) is 3.69. The van der Waals surface area contributed by atoms with E-state index in [0.717, 1.165) is 18.8 Å². The van der Waals surface area contributed by atoms with Crippen LogP contribution < -0.4 is 10.9 Å². The fourth-order valence-electron chi connectivity index (χ4n) is 1.64. The maximum Gasteiger partial charge on any atom is 0.267 e. The Morgan fingerprint density at radius 3 is 3.00 bits per heavy atom. The van der Waals surface area contributed by atoms with Crippen LogP contribution in [0.4, 0.5) is 5.82 Å². The molecule has 2 aromatic heterocycles. The van der Waals surface area contributed by atoms with Crippen molar-refractivity contribution in [2.75, 3.05) is 11.9 Å². The second kappa shape index (κ2) is 7.03. The monoisotopic (exact) mass is 404 g/mol. The van der Waals surface area contributed by atoms with Crippen molar-refractivity contribution in [3.63, 3.8) is 0 Å². The lowest BCUT2D eigenvalue weighted by Gasteiger charge is -2.10. The molecule has 0 amide bonds. The summed E-state index contributed by atoms with van der Waals surface area (Å²) < 4.78 is 2.07. The average molecular weight is 405 g/mol. The van der Waals surface area contributed by atoms with E-state index in [9.17, 15) is 4.79 Å². The van der Waals surface area contributed by atoms with Gasteiger partial charge >= 0.3 is 0 Å². The zero-order chi connectivity index (χ0) is 14.5. The predicted octanol–water partition coefficient (Wildman–Crippen LogP) is 2.77. The van der Waals surface area contributed by atoms with Gasteiger partial charge in [0.25, 0.3) is 5.56 Å². The first-order valence-electron chi connectivity index (χ1n) is 6.21. The number of aromatic nitrogens is 3. The van der Waals surface area contributed by atoms with Crippen LogP contribution in [0.15, 0.2) is 29.5 Å². The Morgan fingerprint density at radius 1 is 1.45 bits per heavy atom. The van der Waals surface area contributed by atoms with Crippen molar-refractivity contribution in [1.82, 2.24) is 14.5 Å². The summed E-state index contributed by atoms with van der Waals surface area (Å²) in [6, 6.07) is 3.62. The van der Waals surface area contributed by atoms with E-state index in [1.54, 1.807) is 6.07 Å². The minimum absolute atomic E-state index is 0.0922. The van der Waals surface area contributed by atoms with Crippen LogP contribution in [0, 0.1) is 3.57 Å². The van der Waals surface area contributed by atoms with E-state index in [4.69, 9.17) is 11.6 Å². The summed E-state index contributed by atoms with van der Waals surface area (Å²) in [5, 5.41) is 3.74. The molecule has 2 heterocycles. The SMILES string of the molecule is CCCNc1ccc(Cl)c(Cn2cncc(I)c2=O)n1. The molecule has 2 aromatic rings. The van der Waals surface area contributed by atoms with E-state index in [2.05, 4.69) is 22.2 Å². The van der Waals surface area contributed by atoms with Crippen molar-refractivity contribution >= 4 is 40.0 Å². The first kappa shape index (κ1) is 15.2. The summed E-state index contributed by atoms with van der Waals surface area (Å²) in [6.45, 7) is 3.24. The van der Waals surface area contributed by atoms with Crippen LogP contribution >= 0.6 is 34.2 Å². The number of pyridine rings is 1. The molecular formula is C13H14ClIN4O. The van der Waals surface area contributed by atoms with Crippen molar-refractivity contribution < 1.29 is 0 Å². The number of halogens is 2. The van der Waals surface area contributed by atoms with Gasteiger partial charge < -0.3 is 5.32 Å². The number of anilines is 1. The quantitative estimate of drug-likeness (QED) is 0.779. The lowest BCUT2D eigenvalue weighted by molar-refractivity contribution is 0.714. The molecule has 1 N–H and O–H groups in total.